The van der Waals surface area contributed by atoms with Gasteiger partial charge in [-0.2, -0.15) is 0 Å². The molecule has 0 saturated heterocycles. The van der Waals surface area contributed by atoms with Gasteiger partial charge in [-0.25, -0.2) is 0 Å². The summed E-state index contributed by atoms with van der Waals surface area (Å²) < 4.78 is 0. The molecule has 1 nitrogen and oxygen atoms in total. The Bertz CT molecular complexity index is 744. The highest BCUT2D eigenvalue weighted by Crippen LogP contribution is 2.32. The quantitative estimate of drug-likeness (QED) is 0.580. The average Bonchev–Trinajstić information content (AvgIpc) is 2.66. The molecule has 0 aliphatic carbocycles. The third-order valence-electron chi connectivity index (χ3n) is 4.95. The number of hydrogen-bond donors (Lipinski definition) is 1. The second-order valence-electron chi connectivity index (χ2n) is 6.82. The lowest BCUT2D eigenvalue weighted by Crippen LogP contribution is -2.00. The third kappa shape index (κ3) is 4.30. The van der Waals surface area contributed by atoms with E-state index in [1.807, 2.05) is 12.1 Å². The van der Waals surface area contributed by atoms with Crippen LogP contribution in [0.25, 0.3) is 0 Å². The lowest BCUT2D eigenvalue weighted by Gasteiger charge is -2.17. The van der Waals surface area contributed by atoms with Crippen molar-refractivity contribution in [3.05, 3.63) is 101 Å². The smallest absolute Gasteiger partial charge is 0.122 e. The zero-order valence-corrected chi connectivity index (χ0v) is 15.1. The topological polar surface area (TPSA) is 20.2 Å². The van der Waals surface area contributed by atoms with Gasteiger partial charge in [0.05, 0.1) is 0 Å². The van der Waals surface area contributed by atoms with Crippen LogP contribution in [0.5, 0.6) is 5.75 Å². The zero-order chi connectivity index (χ0) is 17.6. The largest absolute Gasteiger partial charge is 0.507 e. The van der Waals surface area contributed by atoms with Gasteiger partial charge in [0.25, 0.3) is 0 Å². The van der Waals surface area contributed by atoms with Gasteiger partial charge in [-0.15, -0.1) is 0 Å². The SMILES string of the molecule is CCC(C)c1cc(Cc2ccccc2)c(O)c(Cc2ccccc2)c1. The van der Waals surface area contributed by atoms with Gasteiger partial charge < -0.3 is 5.11 Å². The molecule has 0 radical (unpaired) electrons. The highest BCUT2D eigenvalue weighted by atomic mass is 16.3. The minimum absolute atomic E-state index is 0.444. The summed E-state index contributed by atoms with van der Waals surface area (Å²) >= 11 is 0. The first-order valence-corrected chi connectivity index (χ1v) is 9.10. The van der Waals surface area contributed by atoms with Crippen LogP contribution in [0.1, 0.15) is 54.0 Å². The fourth-order valence-corrected chi connectivity index (χ4v) is 3.21. The molecule has 0 heterocycles. The van der Waals surface area contributed by atoms with Crippen LogP contribution in [0.4, 0.5) is 0 Å². The van der Waals surface area contributed by atoms with E-state index in [9.17, 15) is 5.11 Å². The fourth-order valence-electron chi connectivity index (χ4n) is 3.21. The van der Waals surface area contributed by atoms with Crippen molar-refractivity contribution in [1.82, 2.24) is 0 Å². The molecular formula is C24H26O. The van der Waals surface area contributed by atoms with Crippen LogP contribution >= 0.6 is 0 Å². The summed E-state index contributed by atoms with van der Waals surface area (Å²) in [5.74, 6) is 0.935. The molecule has 1 heteroatoms. The Kier molecular flexibility index (Phi) is 5.55. The molecule has 128 valence electrons. The van der Waals surface area contributed by atoms with E-state index in [1.165, 1.54) is 16.7 Å². The van der Waals surface area contributed by atoms with Crippen molar-refractivity contribution < 1.29 is 5.11 Å². The van der Waals surface area contributed by atoms with E-state index >= 15 is 0 Å². The summed E-state index contributed by atoms with van der Waals surface area (Å²) in [4.78, 5) is 0. The van der Waals surface area contributed by atoms with E-state index in [4.69, 9.17) is 0 Å². The van der Waals surface area contributed by atoms with Crippen LogP contribution in [-0.2, 0) is 12.8 Å². The maximum Gasteiger partial charge on any atom is 0.122 e. The molecule has 0 saturated carbocycles. The standard InChI is InChI=1S/C24H26O/c1-3-18(2)21-16-22(14-19-10-6-4-7-11-19)24(25)23(17-21)15-20-12-8-5-9-13-20/h4-13,16-18,25H,3,14-15H2,1-2H3. The number of phenols is 1. The third-order valence-corrected chi connectivity index (χ3v) is 4.95. The molecule has 1 unspecified atom stereocenters. The Morgan fingerprint density at radius 2 is 1.20 bits per heavy atom. The molecule has 3 rings (SSSR count). The molecule has 3 aromatic carbocycles. The summed E-state index contributed by atoms with van der Waals surface area (Å²) in [7, 11) is 0. The molecule has 0 aliphatic heterocycles. The van der Waals surface area contributed by atoms with E-state index in [1.54, 1.807) is 0 Å². The first-order valence-electron chi connectivity index (χ1n) is 9.10. The molecule has 0 aromatic heterocycles. The van der Waals surface area contributed by atoms with Crippen molar-refractivity contribution in [2.45, 2.75) is 39.0 Å². The molecule has 3 aromatic rings. The summed E-state index contributed by atoms with van der Waals surface area (Å²) in [5, 5.41) is 10.9. The minimum Gasteiger partial charge on any atom is -0.507 e. The summed E-state index contributed by atoms with van der Waals surface area (Å²) in [6, 6.07) is 25.1. The minimum atomic E-state index is 0.444. The number of aromatic hydroxyl groups is 1. The van der Waals surface area contributed by atoms with Crippen LogP contribution in [0.2, 0.25) is 0 Å². The molecule has 0 spiro atoms. The molecule has 1 atom stereocenters. The molecule has 0 aliphatic rings. The highest BCUT2D eigenvalue weighted by Gasteiger charge is 2.14. The average molecular weight is 330 g/mol. The molecular weight excluding hydrogens is 304 g/mol. The van der Waals surface area contributed by atoms with Crippen molar-refractivity contribution >= 4 is 0 Å². The first kappa shape index (κ1) is 17.3. The number of rotatable bonds is 6. The number of phenolic OH excluding ortho intramolecular Hbond substituents is 1. The van der Waals surface area contributed by atoms with Crippen LogP contribution in [0.3, 0.4) is 0 Å². The van der Waals surface area contributed by atoms with Gasteiger partial charge in [-0.1, -0.05) is 86.6 Å². The van der Waals surface area contributed by atoms with Gasteiger partial charge in [0.2, 0.25) is 0 Å². The summed E-state index contributed by atoms with van der Waals surface area (Å²) in [6.07, 6.45) is 2.62. The molecule has 0 bridgehead atoms. The number of hydrogen-bond acceptors (Lipinski definition) is 1. The maximum atomic E-state index is 10.9. The first-order chi connectivity index (χ1) is 12.2. The maximum absolute atomic E-state index is 10.9. The Balaban J connectivity index is 1.99. The Morgan fingerprint density at radius 3 is 1.60 bits per heavy atom. The molecule has 0 fully saturated rings. The molecule has 1 N–H and O–H groups in total. The number of benzene rings is 3. The van der Waals surface area contributed by atoms with Crippen LogP contribution in [0, 0.1) is 0 Å². The molecule has 0 amide bonds. The second-order valence-corrected chi connectivity index (χ2v) is 6.82. The van der Waals surface area contributed by atoms with Gasteiger partial charge in [0.1, 0.15) is 5.75 Å². The van der Waals surface area contributed by atoms with Crippen LogP contribution < -0.4 is 0 Å². The monoisotopic (exact) mass is 330 g/mol. The summed E-state index contributed by atoms with van der Waals surface area (Å²) in [5.41, 5.74) is 5.82. The normalized spacial score (nSPS) is 12.1. The van der Waals surface area contributed by atoms with Crippen LogP contribution in [0.15, 0.2) is 72.8 Å². The van der Waals surface area contributed by atoms with E-state index in [0.717, 1.165) is 30.4 Å². The van der Waals surface area contributed by atoms with Gasteiger partial charge in [0, 0.05) is 12.8 Å². The van der Waals surface area contributed by atoms with Crippen LogP contribution in [-0.4, -0.2) is 5.11 Å². The van der Waals surface area contributed by atoms with Crippen molar-refractivity contribution in [3.8, 4) is 5.75 Å². The van der Waals surface area contributed by atoms with E-state index in [-0.39, 0.29) is 0 Å². The zero-order valence-electron chi connectivity index (χ0n) is 15.1. The van der Waals surface area contributed by atoms with Gasteiger partial charge in [0.15, 0.2) is 0 Å². The van der Waals surface area contributed by atoms with Crippen molar-refractivity contribution in [1.29, 1.82) is 0 Å². The lowest BCUT2D eigenvalue weighted by atomic mass is 9.90. The van der Waals surface area contributed by atoms with E-state index in [2.05, 4.69) is 74.5 Å². The molecule has 25 heavy (non-hydrogen) atoms. The Labute approximate surface area is 151 Å². The van der Waals surface area contributed by atoms with Gasteiger partial charge >= 0.3 is 0 Å². The lowest BCUT2D eigenvalue weighted by molar-refractivity contribution is 0.463. The Morgan fingerprint density at radius 1 is 0.760 bits per heavy atom. The van der Waals surface area contributed by atoms with Crippen molar-refractivity contribution in [2.75, 3.05) is 0 Å². The Hall–Kier alpha value is -2.54. The predicted molar refractivity (Wildman–Crippen MR) is 105 cm³/mol. The highest BCUT2D eigenvalue weighted by molar-refractivity contribution is 5.48. The van der Waals surface area contributed by atoms with Crippen molar-refractivity contribution in [3.63, 3.8) is 0 Å². The second kappa shape index (κ2) is 8.02. The summed E-state index contributed by atoms with van der Waals surface area (Å²) in [6.45, 7) is 4.47. The van der Waals surface area contributed by atoms with E-state index in [0.29, 0.717) is 11.7 Å². The van der Waals surface area contributed by atoms with Gasteiger partial charge in [-0.3, -0.25) is 0 Å². The predicted octanol–water partition coefficient (Wildman–Crippen LogP) is 6.09. The fraction of sp³-hybridized carbons (Fsp3) is 0.250. The van der Waals surface area contributed by atoms with Gasteiger partial charge in [-0.05, 0) is 40.2 Å². The van der Waals surface area contributed by atoms with Crippen molar-refractivity contribution in [2.24, 2.45) is 0 Å². The van der Waals surface area contributed by atoms with E-state index < -0.39 is 0 Å².